The fourth-order valence-electron chi connectivity index (χ4n) is 1.25. The van der Waals surface area contributed by atoms with Gasteiger partial charge in [0.05, 0.1) is 6.10 Å². The predicted octanol–water partition coefficient (Wildman–Crippen LogP) is 2.65. The third kappa shape index (κ3) is 5.02. The molecule has 0 atom stereocenters. The van der Waals surface area contributed by atoms with E-state index in [4.69, 9.17) is 16.3 Å². The lowest BCUT2D eigenvalue weighted by Gasteiger charge is -2.07. The van der Waals surface area contributed by atoms with Gasteiger partial charge < -0.3 is 10.1 Å². The number of halogens is 1. The molecule has 0 aliphatic rings. The Morgan fingerprint density at radius 2 is 2.29 bits per heavy atom. The molecule has 0 saturated heterocycles. The third-order valence-electron chi connectivity index (χ3n) is 2.04. The van der Waals surface area contributed by atoms with Gasteiger partial charge in [-0.15, -0.1) is 11.3 Å². The first kappa shape index (κ1) is 14.4. The van der Waals surface area contributed by atoms with Gasteiger partial charge in [-0.2, -0.15) is 0 Å². The van der Waals surface area contributed by atoms with Crippen LogP contribution in [-0.2, 0) is 4.74 Å². The van der Waals surface area contributed by atoms with Crippen LogP contribution >= 0.6 is 22.9 Å². The van der Waals surface area contributed by atoms with Gasteiger partial charge in [0, 0.05) is 18.0 Å². The molecule has 0 spiro atoms. The molecule has 0 bridgehead atoms. The van der Waals surface area contributed by atoms with Crippen molar-refractivity contribution in [1.82, 2.24) is 10.3 Å². The monoisotopic (exact) mass is 276 g/mol. The highest BCUT2D eigenvalue weighted by Gasteiger charge is 2.13. The molecule has 6 heteroatoms. The van der Waals surface area contributed by atoms with Crippen molar-refractivity contribution in [3.05, 3.63) is 15.0 Å². The molecular formula is C11H17ClN2O2S. The zero-order chi connectivity index (χ0) is 12.8. The second kappa shape index (κ2) is 6.93. The van der Waals surface area contributed by atoms with E-state index in [0.29, 0.717) is 23.3 Å². The molecule has 0 unspecified atom stereocenters. The van der Waals surface area contributed by atoms with Gasteiger partial charge in [-0.1, -0.05) is 11.6 Å². The molecule has 1 N–H and O–H groups in total. The number of aromatic nitrogens is 1. The summed E-state index contributed by atoms with van der Waals surface area (Å²) >= 11 is 7.05. The minimum absolute atomic E-state index is 0.171. The number of carbonyl (C=O) groups excluding carboxylic acids is 1. The third-order valence-corrected chi connectivity index (χ3v) is 3.12. The van der Waals surface area contributed by atoms with Crippen LogP contribution in [0.5, 0.6) is 0 Å². The molecule has 1 aromatic heterocycles. The summed E-state index contributed by atoms with van der Waals surface area (Å²) in [6.07, 6.45) is 1.02. The summed E-state index contributed by atoms with van der Waals surface area (Å²) in [5, 5.41) is 2.79. The van der Waals surface area contributed by atoms with Crippen molar-refractivity contribution in [1.29, 1.82) is 0 Å². The van der Waals surface area contributed by atoms with Gasteiger partial charge in [0.15, 0.2) is 4.47 Å². The van der Waals surface area contributed by atoms with Crippen LogP contribution in [0.2, 0.25) is 4.47 Å². The predicted molar refractivity (Wildman–Crippen MR) is 69.9 cm³/mol. The molecule has 0 saturated carbocycles. The van der Waals surface area contributed by atoms with E-state index in [-0.39, 0.29) is 12.0 Å². The molecule has 1 rings (SSSR count). The van der Waals surface area contributed by atoms with E-state index < -0.39 is 0 Å². The molecule has 4 nitrogen and oxygen atoms in total. The molecular weight excluding hydrogens is 260 g/mol. The van der Waals surface area contributed by atoms with Crippen molar-refractivity contribution in [2.45, 2.75) is 33.3 Å². The summed E-state index contributed by atoms with van der Waals surface area (Å²) < 4.78 is 5.77. The minimum atomic E-state index is -0.171. The highest BCUT2D eigenvalue weighted by molar-refractivity contribution is 7.15. The number of nitrogens with zero attached hydrogens (tertiary/aromatic N) is 1. The SMILES string of the molecule is Cc1sc(Cl)nc1C(=O)NCCCOC(C)C. The number of hydrogen-bond donors (Lipinski definition) is 1. The van der Waals surface area contributed by atoms with E-state index in [2.05, 4.69) is 10.3 Å². The second-order valence-electron chi connectivity index (χ2n) is 3.90. The van der Waals surface area contributed by atoms with Crippen LogP contribution in [-0.4, -0.2) is 30.1 Å². The van der Waals surface area contributed by atoms with Gasteiger partial charge in [-0.3, -0.25) is 4.79 Å². The van der Waals surface area contributed by atoms with Gasteiger partial charge in [0.2, 0.25) is 0 Å². The number of thiazole rings is 1. The first-order valence-electron chi connectivity index (χ1n) is 5.53. The van der Waals surface area contributed by atoms with Crippen molar-refractivity contribution >= 4 is 28.8 Å². The number of carbonyl (C=O) groups is 1. The molecule has 1 aromatic rings. The van der Waals surface area contributed by atoms with Crippen LogP contribution in [0.1, 0.15) is 35.6 Å². The van der Waals surface area contributed by atoms with Gasteiger partial charge in [-0.05, 0) is 27.2 Å². The smallest absolute Gasteiger partial charge is 0.271 e. The second-order valence-corrected chi connectivity index (χ2v) is 5.69. The fourth-order valence-corrected chi connectivity index (χ4v) is 2.31. The van der Waals surface area contributed by atoms with Crippen LogP contribution in [0.25, 0.3) is 0 Å². The lowest BCUT2D eigenvalue weighted by molar-refractivity contribution is 0.0756. The Balaban J connectivity index is 2.28. The molecule has 17 heavy (non-hydrogen) atoms. The highest BCUT2D eigenvalue weighted by atomic mass is 35.5. The number of hydrogen-bond acceptors (Lipinski definition) is 4. The Labute approximate surface area is 110 Å². The van der Waals surface area contributed by atoms with Crippen LogP contribution in [0.3, 0.4) is 0 Å². The number of aryl methyl sites for hydroxylation is 1. The van der Waals surface area contributed by atoms with Gasteiger partial charge in [-0.25, -0.2) is 4.98 Å². The maximum atomic E-state index is 11.7. The highest BCUT2D eigenvalue weighted by Crippen LogP contribution is 2.21. The Hall–Kier alpha value is -0.650. The summed E-state index contributed by atoms with van der Waals surface area (Å²) in [6, 6.07) is 0. The number of ether oxygens (including phenoxy) is 1. The van der Waals surface area contributed by atoms with Gasteiger partial charge in [0.25, 0.3) is 5.91 Å². The van der Waals surface area contributed by atoms with E-state index >= 15 is 0 Å². The van der Waals surface area contributed by atoms with Crippen molar-refractivity contribution in [2.75, 3.05) is 13.2 Å². The van der Waals surface area contributed by atoms with Crippen LogP contribution in [0, 0.1) is 6.92 Å². The fraction of sp³-hybridized carbons (Fsp3) is 0.636. The molecule has 0 aliphatic heterocycles. The molecule has 0 radical (unpaired) electrons. The quantitative estimate of drug-likeness (QED) is 0.813. The zero-order valence-electron chi connectivity index (χ0n) is 10.2. The first-order chi connectivity index (χ1) is 8.00. The van der Waals surface area contributed by atoms with E-state index in [0.717, 1.165) is 11.3 Å². The Morgan fingerprint density at radius 1 is 1.59 bits per heavy atom. The van der Waals surface area contributed by atoms with Crippen molar-refractivity contribution < 1.29 is 9.53 Å². The normalized spacial score (nSPS) is 10.9. The lowest BCUT2D eigenvalue weighted by Crippen LogP contribution is -2.26. The largest absolute Gasteiger partial charge is 0.379 e. The molecule has 1 amide bonds. The van der Waals surface area contributed by atoms with E-state index in [9.17, 15) is 4.79 Å². The minimum Gasteiger partial charge on any atom is -0.379 e. The van der Waals surface area contributed by atoms with Gasteiger partial charge >= 0.3 is 0 Å². The Kier molecular flexibility index (Phi) is 5.88. The zero-order valence-corrected chi connectivity index (χ0v) is 11.8. The van der Waals surface area contributed by atoms with Crippen LogP contribution < -0.4 is 5.32 Å². The van der Waals surface area contributed by atoms with Crippen molar-refractivity contribution in [3.8, 4) is 0 Å². The Bertz CT molecular complexity index is 380. The van der Waals surface area contributed by atoms with Gasteiger partial charge in [0.1, 0.15) is 5.69 Å². The first-order valence-corrected chi connectivity index (χ1v) is 6.73. The molecule has 1 heterocycles. The number of nitrogens with one attached hydrogen (secondary N) is 1. The van der Waals surface area contributed by atoms with Crippen LogP contribution in [0.4, 0.5) is 0 Å². The van der Waals surface area contributed by atoms with E-state index in [1.807, 2.05) is 20.8 Å². The molecule has 0 fully saturated rings. The van der Waals surface area contributed by atoms with Crippen LogP contribution in [0.15, 0.2) is 0 Å². The molecule has 0 aromatic carbocycles. The maximum absolute atomic E-state index is 11.7. The Morgan fingerprint density at radius 3 is 2.82 bits per heavy atom. The maximum Gasteiger partial charge on any atom is 0.271 e. The van der Waals surface area contributed by atoms with Crippen molar-refractivity contribution in [3.63, 3.8) is 0 Å². The topological polar surface area (TPSA) is 51.2 Å². The number of rotatable bonds is 6. The summed E-state index contributed by atoms with van der Waals surface area (Å²) in [7, 11) is 0. The number of amides is 1. The molecule has 96 valence electrons. The molecule has 0 aliphatic carbocycles. The summed E-state index contributed by atoms with van der Waals surface area (Å²) in [4.78, 5) is 16.5. The summed E-state index contributed by atoms with van der Waals surface area (Å²) in [5.41, 5.74) is 0.421. The summed E-state index contributed by atoms with van der Waals surface area (Å²) in [6.45, 7) is 7.04. The average molecular weight is 277 g/mol. The average Bonchev–Trinajstić information content (AvgIpc) is 2.56. The van der Waals surface area contributed by atoms with E-state index in [1.165, 1.54) is 11.3 Å². The van der Waals surface area contributed by atoms with Crippen molar-refractivity contribution in [2.24, 2.45) is 0 Å². The van der Waals surface area contributed by atoms with E-state index in [1.54, 1.807) is 0 Å². The standard InChI is InChI=1S/C11H17ClN2O2S/c1-7(2)16-6-4-5-13-10(15)9-8(3)17-11(12)14-9/h7H,4-6H2,1-3H3,(H,13,15). The summed E-state index contributed by atoms with van der Waals surface area (Å²) in [5.74, 6) is -0.171. The lowest BCUT2D eigenvalue weighted by atomic mass is 10.3.